The molecule has 0 atom stereocenters. The van der Waals surface area contributed by atoms with Crippen molar-refractivity contribution in [3.63, 3.8) is 0 Å². The lowest BCUT2D eigenvalue weighted by molar-refractivity contribution is 0.0167. The summed E-state index contributed by atoms with van der Waals surface area (Å²) in [6, 6.07) is 3.88. The van der Waals surface area contributed by atoms with Gasteiger partial charge in [-0.1, -0.05) is 31.9 Å². The molecule has 0 saturated carbocycles. The highest BCUT2D eigenvalue weighted by atomic mass is 79.9. The van der Waals surface area contributed by atoms with Gasteiger partial charge in [0, 0.05) is 40.7 Å². The number of likely N-dealkylation sites (tertiary alicyclic amines) is 1. The second kappa shape index (κ2) is 7.50. The molecule has 1 aromatic rings. The van der Waals surface area contributed by atoms with Gasteiger partial charge in [0.15, 0.2) is 0 Å². The normalized spacial score (nSPS) is 18.3. The molecule has 2 amide bonds. The second-order valence-corrected chi connectivity index (χ2v) is 9.78. The van der Waals surface area contributed by atoms with E-state index in [-0.39, 0.29) is 12.0 Å². The van der Waals surface area contributed by atoms with Crippen LogP contribution in [0.4, 0.5) is 4.79 Å². The molecular weight excluding hydrogens is 464 g/mol. The minimum atomic E-state index is -0.469. The van der Waals surface area contributed by atoms with Crippen molar-refractivity contribution >= 4 is 43.9 Å². The van der Waals surface area contributed by atoms with E-state index in [1.54, 1.807) is 4.90 Å². The molecule has 7 heteroatoms. The molecule has 26 heavy (non-hydrogen) atoms. The van der Waals surface area contributed by atoms with Crippen molar-refractivity contribution in [3.8, 4) is 0 Å². The van der Waals surface area contributed by atoms with Gasteiger partial charge in [0.2, 0.25) is 0 Å². The van der Waals surface area contributed by atoms with Crippen molar-refractivity contribution in [1.82, 2.24) is 9.80 Å². The van der Waals surface area contributed by atoms with E-state index >= 15 is 0 Å². The van der Waals surface area contributed by atoms with Crippen LogP contribution >= 0.6 is 31.9 Å². The first-order valence-corrected chi connectivity index (χ1v) is 10.5. The molecule has 1 aromatic carbocycles. The van der Waals surface area contributed by atoms with Crippen LogP contribution in [0, 0.1) is 5.92 Å². The first-order valence-electron chi connectivity index (χ1n) is 8.89. The molecule has 3 rings (SSSR count). The van der Waals surface area contributed by atoms with Gasteiger partial charge in [-0.3, -0.25) is 4.79 Å². The Morgan fingerprint density at radius 2 is 1.88 bits per heavy atom. The highest BCUT2D eigenvalue weighted by Gasteiger charge is 2.33. The van der Waals surface area contributed by atoms with Crippen molar-refractivity contribution in [1.29, 1.82) is 0 Å². The monoisotopic (exact) mass is 486 g/mol. The Morgan fingerprint density at radius 1 is 1.23 bits per heavy atom. The number of fused-ring (bicyclic) bond motifs is 1. The summed E-state index contributed by atoms with van der Waals surface area (Å²) in [6.45, 7) is 8.39. The number of nitrogens with zero attached hydrogens (tertiary/aromatic N) is 2. The molecule has 2 heterocycles. The van der Waals surface area contributed by atoms with Gasteiger partial charge in [0.05, 0.1) is 0 Å². The van der Waals surface area contributed by atoms with E-state index in [1.165, 1.54) is 0 Å². The van der Waals surface area contributed by atoms with Gasteiger partial charge < -0.3 is 14.5 Å². The zero-order valence-electron chi connectivity index (χ0n) is 15.3. The zero-order chi connectivity index (χ0) is 19.1. The summed E-state index contributed by atoms with van der Waals surface area (Å²) in [5.74, 6) is 0.505. The maximum absolute atomic E-state index is 12.7. The SMILES string of the molecule is CC(C)(C)OC(=O)N1CCC(CN2Cc3c(Br)cc(Br)cc3C2=O)CC1. The van der Waals surface area contributed by atoms with Gasteiger partial charge in [-0.2, -0.15) is 0 Å². The summed E-state index contributed by atoms with van der Waals surface area (Å²) in [6.07, 6.45) is 1.54. The van der Waals surface area contributed by atoms with E-state index in [2.05, 4.69) is 31.9 Å². The van der Waals surface area contributed by atoms with Crippen LogP contribution < -0.4 is 0 Å². The molecule has 0 N–H and O–H groups in total. The van der Waals surface area contributed by atoms with E-state index in [0.29, 0.717) is 25.6 Å². The fourth-order valence-electron chi connectivity index (χ4n) is 3.47. The molecule has 0 radical (unpaired) electrons. The molecule has 142 valence electrons. The third-order valence-corrected chi connectivity index (χ3v) is 5.94. The highest BCUT2D eigenvalue weighted by molar-refractivity contribution is 9.11. The topological polar surface area (TPSA) is 49.9 Å². The Hall–Kier alpha value is -1.08. The molecule has 0 bridgehead atoms. The summed E-state index contributed by atoms with van der Waals surface area (Å²) in [4.78, 5) is 28.6. The first kappa shape index (κ1) is 19.7. The third-order valence-electron chi connectivity index (χ3n) is 4.77. The summed E-state index contributed by atoms with van der Waals surface area (Å²) in [5, 5.41) is 0. The van der Waals surface area contributed by atoms with Gasteiger partial charge in [0.25, 0.3) is 5.91 Å². The molecule has 0 spiro atoms. The molecule has 2 aliphatic heterocycles. The minimum absolute atomic E-state index is 0.0940. The molecule has 1 fully saturated rings. The molecule has 0 aromatic heterocycles. The Balaban J connectivity index is 1.55. The van der Waals surface area contributed by atoms with Crippen LogP contribution in [0.1, 0.15) is 49.5 Å². The van der Waals surface area contributed by atoms with Gasteiger partial charge in [-0.15, -0.1) is 0 Å². The van der Waals surface area contributed by atoms with Crippen LogP contribution in [0.3, 0.4) is 0 Å². The van der Waals surface area contributed by atoms with Crippen LogP contribution in [0.5, 0.6) is 0 Å². The van der Waals surface area contributed by atoms with E-state index in [9.17, 15) is 9.59 Å². The lowest BCUT2D eigenvalue weighted by Crippen LogP contribution is -2.43. The maximum atomic E-state index is 12.7. The Kier molecular flexibility index (Phi) is 5.68. The fourth-order valence-corrected chi connectivity index (χ4v) is 4.82. The predicted octanol–water partition coefficient (Wildman–Crippen LogP) is 4.81. The largest absolute Gasteiger partial charge is 0.444 e. The number of hydrogen-bond acceptors (Lipinski definition) is 3. The molecule has 1 saturated heterocycles. The minimum Gasteiger partial charge on any atom is -0.444 e. The van der Waals surface area contributed by atoms with E-state index in [1.807, 2.05) is 37.8 Å². The predicted molar refractivity (Wildman–Crippen MR) is 107 cm³/mol. The van der Waals surface area contributed by atoms with Crippen LogP contribution in [0.15, 0.2) is 21.1 Å². The second-order valence-electron chi connectivity index (χ2n) is 8.01. The lowest BCUT2D eigenvalue weighted by atomic mass is 9.96. The van der Waals surface area contributed by atoms with Crippen LogP contribution in [0.25, 0.3) is 0 Å². The highest BCUT2D eigenvalue weighted by Crippen LogP contribution is 2.34. The summed E-state index contributed by atoms with van der Waals surface area (Å²) in [7, 11) is 0. The average molecular weight is 488 g/mol. The quantitative estimate of drug-likeness (QED) is 0.601. The summed E-state index contributed by atoms with van der Waals surface area (Å²) in [5.41, 5.74) is 1.37. The van der Waals surface area contributed by atoms with Crippen molar-refractivity contribution in [2.75, 3.05) is 19.6 Å². The van der Waals surface area contributed by atoms with Crippen LogP contribution in [-0.4, -0.2) is 47.0 Å². The van der Waals surface area contributed by atoms with Gasteiger partial charge in [0.1, 0.15) is 5.60 Å². The number of benzene rings is 1. The molecule has 5 nitrogen and oxygen atoms in total. The van der Waals surface area contributed by atoms with Crippen LogP contribution in [-0.2, 0) is 11.3 Å². The number of hydrogen-bond donors (Lipinski definition) is 0. The summed E-state index contributed by atoms with van der Waals surface area (Å²) < 4.78 is 7.32. The van der Waals surface area contributed by atoms with Crippen molar-refractivity contribution < 1.29 is 14.3 Å². The maximum Gasteiger partial charge on any atom is 0.410 e. The van der Waals surface area contributed by atoms with Gasteiger partial charge >= 0.3 is 6.09 Å². The molecule has 0 aliphatic carbocycles. The van der Waals surface area contributed by atoms with Crippen LogP contribution in [0.2, 0.25) is 0 Å². The Bertz CT molecular complexity index is 722. The van der Waals surface area contributed by atoms with Gasteiger partial charge in [-0.25, -0.2) is 4.79 Å². The first-order chi connectivity index (χ1) is 12.1. The molecular formula is C19H24Br2N2O3. The third kappa shape index (κ3) is 4.42. The number of carbonyl (C=O) groups is 2. The number of carbonyl (C=O) groups excluding carboxylic acids is 2. The Labute approximate surface area is 171 Å². The van der Waals surface area contributed by atoms with Gasteiger partial charge in [-0.05, 0) is 57.2 Å². The van der Waals surface area contributed by atoms with Crippen molar-refractivity contribution in [3.05, 3.63) is 32.2 Å². The molecule has 2 aliphatic rings. The number of amides is 2. The number of piperidine rings is 1. The van der Waals surface area contributed by atoms with Crippen molar-refractivity contribution in [2.45, 2.75) is 45.8 Å². The van der Waals surface area contributed by atoms with E-state index in [0.717, 1.165) is 39.5 Å². The van der Waals surface area contributed by atoms with Crippen molar-refractivity contribution in [2.24, 2.45) is 5.92 Å². The van der Waals surface area contributed by atoms with E-state index in [4.69, 9.17) is 4.74 Å². The Morgan fingerprint density at radius 3 is 2.50 bits per heavy atom. The fraction of sp³-hybridized carbons (Fsp3) is 0.579. The smallest absolute Gasteiger partial charge is 0.410 e. The summed E-state index contributed by atoms with van der Waals surface area (Å²) >= 11 is 7.01. The number of halogens is 2. The van der Waals surface area contributed by atoms with E-state index < -0.39 is 5.60 Å². The average Bonchev–Trinajstić information content (AvgIpc) is 2.84. The molecule has 0 unspecified atom stereocenters. The lowest BCUT2D eigenvalue weighted by Gasteiger charge is -2.34. The standard InChI is InChI=1S/C19H24Br2N2O3/c1-19(2,3)26-18(25)22-6-4-12(5-7-22)10-23-11-15-14(17(23)24)8-13(20)9-16(15)21/h8-9,12H,4-7,10-11H2,1-3H3. The number of rotatable bonds is 2. The number of ether oxygens (including phenoxy) is 1. The zero-order valence-corrected chi connectivity index (χ0v) is 18.5.